The van der Waals surface area contributed by atoms with Crippen molar-refractivity contribution in [1.29, 1.82) is 0 Å². The zero-order valence-corrected chi connectivity index (χ0v) is 14.1. The summed E-state index contributed by atoms with van der Waals surface area (Å²) in [6.45, 7) is 5.72. The van der Waals surface area contributed by atoms with Crippen molar-refractivity contribution in [2.24, 2.45) is 0 Å². The van der Waals surface area contributed by atoms with E-state index in [2.05, 4.69) is 26.2 Å². The van der Waals surface area contributed by atoms with Gasteiger partial charge in [-0.15, -0.1) is 0 Å². The number of piperazine rings is 1. The Hall–Kier alpha value is -1.62. The standard InChI is InChI=1S/C18H28N4O/c1-15(18(23)20-16-7-3-2-4-8-16)21-11-13-22(14-12-21)17-9-5-6-10-19-17/h5-6,9-10,15-16H,2-4,7-8,11-14H2,1H3,(H,20,23)/t15-/m0/s1. The first kappa shape index (κ1) is 16.2. The summed E-state index contributed by atoms with van der Waals surface area (Å²) in [6.07, 6.45) is 7.95. The number of carbonyl (C=O) groups is 1. The summed E-state index contributed by atoms with van der Waals surface area (Å²) in [5.41, 5.74) is 0. The largest absolute Gasteiger partial charge is 0.354 e. The molecule has 3 rings (SSSR count). The van der Waals surface area contributed by atoms with Gasteiger partial charge >= 0.3 is 0 Å². The van der Waals surface area contributed by atoms with E-state index >= 15 is 0 Å². The van der Waals surface area contributed by atoms with Crippen molar-refractivity contribution in [3.8, 4) is 0 Å². The Kier molecular flexibility index (Phi) is 5.49. The van der Waals surface area contributed by atoms with Crippen LogP contribution in [0.3, 0.4) is 0 Å². The van der Waals surface area contributed by atoms with E-state index in [1.807, 2.05) is 25.3 Å². The van der Waals surface area contributed by atoms with Crippen LogP contribution in [0.25, 0.3) is 0 Å². The van der Waals surface area contributed by atoms with Crippen LogP contribution in [0.5, 0.6) is 0 Å². The second kappa shape index (κ2) is 7.77. The lowest BCUT2D eigenvalue weighted by Crippen LogP contribution is -2.55. The maximum Gasteiger partial charge on any atom is 0.237 e. The Bertz CT molecular complexity index is 493. The molecule has 2 heterocycles. The van der Waals surface area contributed by atoms with E-state index in [0.29, 0.717) is 6.04 Å². The van der Waals surface area contributed by atoms with E-state index in [0.717, 1.165) is 44.8 Å². The monoisotopic (exact) mass is 316 g/mol. The minimum Gasteiger partial charge on any atom is -0.354 e. The number of hydrogen-bond donors (Lipinski definition) is 1. The highest BCUT2D eigenvalue weighted by atomic mass is 16.2. The predicted molar refractivity (Wildman–Crippen MR) is 92.5 cm³/mol. The maximum absolute atomic E-state index is 12.5. The summed E-state index contributed by atoms with van der Waals surface area (Å²) in [4.78, 5) is 21.5. The van der Waals surface area contributed by atoms with Crippen LogP contribution in [-0.2, 0) is 4.79 Å². The number of nitrogens with one attached hydrogen (secondary N) is 1. The van der Waals surface area contributed by atoms with Crippen LogP contribution >= 0.6 is 0 Å². The zero-order valence-electron chi connectivity index (χ0n) is 14.1. The molecule has 126 valence electrons. The van der Waals surface area contributed by atoms with Crippen molar-refractivity contribution in [1.82, 2.24) is 15.2 Å². The fourth-order valence-electron chi connectivity index (χ4n) is 3.61. The van der Waals surface area contributed by atoms with E-state index in [1.54, 1.807) is 0 Å². The summed E-state index contributed by atoms with van der Waals surface area (Å²) >= 11 is 0. The molecule has 1 saturated carbocycles. The molecule has 0 spiro atoms. The minimum absolute atomic E-state index is 0.0391. The Morgan fingerprint density at radius 1 is 1.17 bits per heavy atom. The van der Waals surface area contributed by atoms with Crippen LogP contribution in [0.15, 0.2) is 24.4 Å². The van der Waals surface area contributed by atoms with Gasteiger partial charge < -0.3 is 10.2 Å². The number of carbonyl (C=O) groups excluding carboxylic acids is 1. The molecule has 1 aromatic rings. The average Bonchev–Trinajstić information content (AvgIpc) is 2.63. The summed E-state index contributed by atoms with van der Waals surface area (Å²) in [6, 6.07) is 6.37. The van der Waals surface area contributed by atoms with Crippen molar-refractivity contribution in [3.63, 3.8) is 0 Å². The van der Waals surface area contributed by atoms with Crippen molar-refractivity contribution >= 4 is 11.7 Å². The van der Waals surface area contributed by atoms with Gasteiger partial charge in [-0.25, -0.2) is 4.98 Å². The minimum atomic E-state index is -0.0391. The Labute approximate surface area is 139 Å². The third-order valence-electron chi connectivity index (χ3n) is 5.17. The fourth-order valence-corrected chi connectivity index (χ4v) is 3.61. The van der Waals surface area contributed by atoms with E-state index in [9.17, 15) is 4.79 Å². The summed E-state index contributed by atoms with van der Waals surface area (Å²) < 4.78 is 0. The highest BCUT2D eigenvalue weighted by molar-refractivity contribution is 5.81. The van der Waals surface area contributed by atoms with Crippen molar-refractivity contribution in [3.05, 3.63) is 24.4 Å². The zero-order chi connectivity index (χ0) is 16.1. The second-order valence-electron chi connectivity index (χ2n) is 6.73. The molecule has 23 heavy (non-hydrogen) atoms. The van der Waals surface area contributed by atoms with Crippen molar-refractivity contribution < 1.29 is 4.79 Å². The lowest BCUT2D eigenvalue weighted by atomic mass is 9.95. The first-order chi connectivity index (χ1) is 11.2. The van der Waals surface area contributed by atoms with Gasteiger partial charge in [-0.3, -0.25) is 9.69 Å². The third-order valence-corrected chi connectivity index (χ3v) is 5.17. The molecule has 1 N–H and O–H groups in total. The van der Waals surface area contributed by atoms with E-state index < -0.39 is 0 Å². The molecule has 0 unspecified atom stereocenters. The van der Waals surface area contributed by atoms with E-state index in [4.69, 9.17) is 0 Å². The molecule has 1 saturated heterocycles. The highest BCUT2D eigenvalue weighted by Gasteiger charge is 2.27. The van der Waals surface area contributed by atoms with Gasteiger partial charge in [0.15, 0.2) is 0 Å². The summed E-state index contributed by atoms with van der Waals surface area (Å²) in [7, 11) is 0. The Balaban J connectivity index is 1.47. The Morgan fingerprint density at radius 3 is 2.57 bits per heavy atom. The molecule has 5 nitrogen and oxygen atoms in total. The van der Waals surface area contributed by atoms with Gasteiger partial charge in [0, 0.05) is 38.4 Å². The molecule has 1 aliphatic carbocycles. The Morgan fingerprint density at radius 2 is 1.91 bits per heavy atom. The highest BCUT2D eigenvalue weighted by Crippen LogP contribution is 2.18. The number of aromatic nitrogens is 1. The van der Waals surface area contributed by atoms with Gasteiger partial charge in [-0.1, -0.05) is 25.3 Å². The average molecular weight is 316 g/mol. The second-order valence-corrected chi connectivity index (χ2v) is 6.73. The molecule has 0 radical (unpaired) electrons. The quantitative estimate of drug-likeness (QED) is 0.923. The van der Waals surface area contributed by atoms with Crippen LogP contribution in [0.1, 0.15) is 39.0 Å². The number of rotatable bonds is 4. The first-order valence-electron chi connectivity index (χ1n) is 8.94. The molecule has 1 aliphatic heterocycles. The number of amides is 1. The van der Waals surface area contributed by atoms with Crippen LogP contribution in [0.2, 0.25) is 0 Å². The molecule has 1 aromatic heterocycles. The van der Waals surface area contributed by atoms with Gasteiger partial charge in [0.2, 0.25) is 5.91 Å². The number of anilines is 1. The molecule has 2 fully saturated rings. The molecule has 0 aromatic carbocycles. The lowest BCUT2D eigenvalue weighted by Gasteiger charge is -2.38. The van der Waals surface area contributed by atoms with E-state index in [-0.39, 0.29) is 11.9 Å². The number of hydrogen-bond acceptors (Lipinski definition) is 4. The van der Waals surface area contributed by atoms with Gasteiger partial charge in [-0.2, -0.15) is 0 Å². The number of pyridine rings is 1. The SMILES string of the molecule is C[C@@H](C(=O)NC1CCCCC1)N1CCN(c2ccccn2)CC1. The molecule has 1 amide bonds. The van der Waals surface area contributed by atoms with Crippen LogP contribution in [0, 0.1) is 0 Å². The summed E-state index contributed by atoms with van der Waals surface area (Å²) in [5, 5.41) is 3.25. The topological polar surface area (TPSA) is 48.5 Å². The molecule has 0 bridgehead atoms. The van der Waals surface area contributed by atoms with Crippen molar-refractivity contribution in [2.45, 2.75) is 51.1 Å². The van der Waals surface area contributed by atoms with Crippen LogP contribution < -0.4 is 10.2 Å². The normalized spacial score (nSPS) is 21.9. The van der Waals surface area contributed by atoms with Crippen LogP contribution in [0.4, 0.5) is 5.82 Å². The lowest BCUT2D eigenvalue weighted by molar-refractivity contribution is -0.127. The molecule has 1 atom stereocenters. The number of nitrogens with zero attached hydrogens (tertiary/aromatic N) is 3. The van der Waals surface area contributed by atoms with Gasteiger partial charge in [0.1, 0.15) is 5.82 Å². The molecule has 2 aliphatic rings. The summed E-state index contributed by atoms with van der Waals surface area (Å²) in [5.74, 6) is 1.23. The van der Waals surface area contributed by atoms with Crippen LogP contribution in [-0.4, -0.2) is 54.1 Å². The third kappa shape index (κ3) is 4.22. The smallest absolute Gasteiger partial charge is 0.237 e. The van der Waals surface area contributed by atoms with Gasteiger partial charge in [0.05, 0.1) is 6.04 Å². The molecular weight excluding hydrogens is 288 g/mol. The fraction of sp³-hybridized carbons (Fsp3) is 0.667. The first-order valence-corrected chi connectivity index (χ1v) is 8.94. The molecular formula is C18H28N4O. The van der Waals surface area contributed by atoms with E-state index in [1.165, 1.54) is 19.3 Å². The molecule has 5 heteroatoms. The van der Waals surface area contributed by atoms with Crippen molar-refractivity contribution in [2.75, 3.05) is 31.1 Å². The van der Waals surface area contributed by atoms with Gasteiger partial charge in [-0.05, 0) is 31.9 Å². The van der Waals surface area contributed by atoms with Gasteiger partial charge in [0.25, 0.3) is 0 Å². The predicted octanol–water partition coefficient (Wildman–Crippen LogP) is 2.04. The maximum atomic E-state index is 12.5.